The number of anilines is 1. The van der Waals surface area contributed by atoms with Gasteiger partial charge in [0.1, 0.15) is 11.6 Å². The summed E-state index contributed by atoms with van der Waals surface area (Å²) in [5.41, 5.74) is 2.71. The number of fused-ring (bicyclic) bond motifs is 1. The zero-order chi connectivity index (χ0) is 14.9. The highest BCUT2D eigenvalue weighted by Gasteiger charge is 2.29. The second-order valence-corrected chi connectivity index (χ2v) is 6.48. The van der Waals surface area contributed by atoms with Crippen LogP contribution in [0, 0.1) is 6.92 Å². The number of imidazole rings is 1. The Morgan fingerprint density at radius 3 is 2.95 bits per heavy atom. The maximum absolute atomic E-state index is 4.84. The summed E-state index contributed by atoms with van der Waals surface area (Å²) in [4.78, 5) is 16.2. The van der Waals surface area contributed by atoms with E-state index >= 15 is 0 Å². The van der Waals surface area contributed by atoms with Crippen LogP contribution in [0.3, 0.4) is 0 Å². The van der Waals surface area contributed by atoms with Gasteiger partial charge in [0.05, 0.1) is 6.33 Å². The summed E-state index contributed by atoms with van der Waals surface area (Å²) in [6.45, 7) is 4.14. The van der Waals surface area contributed by atoms with Crippen LogP contribution in [0.5, 0.6) is 0 Å². The fourth-order valence-electron chi connectivity index (χ4n) is 3.87. The van der Waals surface area contributed by atoms with Crippen molar-refractivity contribution in [3.8, 4) is 0 Å². The molecule has 0 amide bonds. The first kappa shape index (κ1) is 13.7. The fourth-order valence-corrected chi connectivity index (χ4v) is 3.87. The summed E-state index contributed by atoms with van der Waals surface area (Å²) in [7, 11) is 0. The van der Waals surface area contributed by atoms with Gasteiger partial charge in [-0.25, -0.2) is 15.0 Å². The SMILES string of the molecule is Cc1nc2c(c(N3CCCC3Cn3ccnc3)n1)CCCC2. The number of hydrogen-bond acceptors (Lipinski definition) is 4. The van der Waals surface area contributed by atoms with Gasteiger partial charge in [-0.3, -0.25) is 0 Å². The Bertz CT molecular complexity index is 649. The predicted molar refractivity (Wildman–Crippen MR) is 86.0 cm³/mol. The van der Waals surface area contributed by atoms with Crippen LogP contribution < -0.4 is 4.90 Å². The van der Waals surface area contributed by atoms with Crippen LogP contribution in [-0.4, -0.2) is 32.1 Å². The number of rotatable bonds is 3. The Hall–Kier alpha value is -1.91. The summed E-state index contributed by atoms with van der Waals surface area (Å²) < 4.78 is 2.18. The Kier molecular flexibility index (Phi) is 3.56. The molecule has 2 aromatic heterocycles. The smallest absolute Gasteiger partial charge is 0.136 e. The maximum atomic E-state index is 4.84. The van der Waals surface area contributed by atoms with E-state index in [1.165, 1.54) is 42.8 Å². The number of aromatic nitrogens is 4. The third-order valence-electron chi connectivity index (χ3n) is 4.90. The van der Waals surface area contributed by atoms with Crippen molar-refractivity contribution in [2.75, 3.05) is 11.4 Å². The lowest BCUT2D eigenvalue weighted by molar-refractivity contribution is 0.542. The van der Waals surface area contributed by atoms with Crippen LogP contribution in [0.1, 0.15) is 42.8 Å². The van der Waals surface area contributed by atoms with E-state index in [0.717, 1.165) is 31.8 Å². The summed E-state index contributed by atoms with van der Waals surface area (Å²) >= 11 is 0. The zero-order valence-electron chi connectivity index (χ0n) is 13.2. The normalized spacial score (nSPS) is 21.1. The van der Waals surface area contributed by atoms with Crippen LogP contribution in [0.25, 0.3) is 0 Å². The Balaban J connectivity index is 1.66. The van der Waals surface area contributed by atoms with Crippen molar-refractivity contribution in [1.82, 2.24) is 19.5 Å². The molecule has 4 rings (SSSR count). The first-order valence-corrected chi connectivity index (χ1v) is 8.40. The Labute approximate surface area is 131 Å². The first-order chi connectivity index (χ1) is 10.8. The molecule has 0 aromatic carbocycles. The molecule has 5 nitrogen and oxygen atoms in total. The molecule has 3 heterocycles. The van der Waals surface area contributed by atoms with E-state index in [0.29, 0.717) is 6.04 Å². The Morgan fingerprint density at radius 1 is 1.18 bits per heavy atom. The zero-order valence-corrected chi connectivity index (χ0v) is 13.2. The molecule has 0 saturated carbocycles. The van der Waals surface area contributed by atoms with Gasteiger partial charge in [0.25, 0.3) is 0 Å². The third kappa shape index (κ3) is 2.49. The standard InChI is InChI=1S/C17H23N5/c1-13-19-16-7-3-2-6-15(16)17(20-13)22-9-4-5-14(22)11-21-10-8-18-12-21/h8,10,12,14H,2-7,9,11H2,1H3. The van der Waals surface area contributed by atoms with E-state index in [9.17, 15) is 0 Å². The monoisotopic (exact) mass is 297 g/mol. The quantitative estimate of drug-likeness (QED) is 0.873. The minimum absolute atomic E-state index is 0.523. The first-order valence-electron chi connectivity index (χ1n) is 8.40. The van der Waals surface area contributed by atoms with Gasteiger partial charge >= 0.3 is 0 Å². The molecule has 1 saturated heterocycles. The van der Waals surface area contributed by atoms with Crippen LogP contribution >= 0.6 is 0 Å². The lowest BCUT2D eigenvalue weighted by Gasteiger charge is -2.30. The van der Waals surface area contributed by atoms with Crippen LogP contribution in [0.2, 0.25) is 0 Å². The lowest BCUT2D eigenvalue weighted by atomic mass is 9.96. The highest BCUT2D eigenvalue weighted by molar-refractivity contribution is 5.52. The van der Waals surface area contributed by atoms with Gasteiger partial charge in [-0.1, -0.05) is 0 Å². The van der Waals surface area contributed by atoms with Crippen molar-refractivity contribution in [1.29, 1.82) is 0 Å². The molecule has 0 N–H and O–H groups in total. The lowest BCUT2D eigenvalue weighted by Crippen LogP contribution is -2.35. The van der Waals surface area contributed by atoms with Crippen molar-refractivity contribution in [3.05, 3.63) is 35.8 Å². The molecule has 2 aromatic rings. The van der Waals surface area contributed by atoms with E-state index in [1.54, 1.807) is 0 Å². The van der Waals surface area contributed by atoms with Crippen LogP contribution in [0.4, 0.5) is 5.82 Å². The van der Waals surface area contributed by atoms with Crippen molar-refractivity contribution in [3.63, 3.8) is 0 Å². The minimum Gasteiger partial charge on any atom is -0.351 e. The molecule has 1 unspecified atom stereocenters. The van der Waals surface area contributed by atoms with Gasteiger partial charge in [-0.2, -0.15) is 0 Å². The molecule has 5 heteroatoms. The predicted octanol–water partition coefficient (Wildman–Crippen LogP) is 2.53. The highest BCUT2D eigenvalue weighted by Crippen LogP contribution is 2.32. The van der Waals surface area contributed by atoms with Crippen molar-refractivity contribution in [2.45, 2.75) is 58.0 Å². The van der Waals surface area contributed by atoms with Gasteiger partial charge in [-0.05, 0) is 45.4 Å². The molecule has 1 aliphatic carbocycles. The summed E-state index contributed by atoms with van der Waals surface area (Å²) in [6.07, 6.45) is 13.1. The molecule has 0 radical (unpaired) electrons. The van der Waals surface area contributed by atoms with E-state index in [4.69, 9.17) is 9.97 Å². The van der Waals surface area contributed by atoms with Gasteiger partial charge in [0.15, 0.2) is 0 Å². The average molecular weight is 297 g/mol. The second kappa shape index (κ2) is 5.71. The largest absolute Gasteiger partial charge is 0.351 e. The van der Waals surface area contributed by atoms with Gasteiger partial charge in [0, 0.05) is 42.8 Å². The van der Waals surface area contributed by atoms with Crippen molar-refractivity contribution < 1.29 is 0 Å². The average Bonchev–Trinajstić information content (AvgIpc) is 3.18. The summed E-state index contributed by atoms with van der Waals surface area (Å²) in [6, 6.07) is 0.523. The highest BCUT2D eigenvalue weighted by atomic mass is 15.3. The van der Waals surface area contributed by atoms with E-state index in [1.807, 2.05) is 19.4 Å². The molecule has 116 valence electrons. The molecule has 1 aliphatic heterocycles. The van der Waals surface area contributed by atoms with Crippen molar-refractivity contribution >= 4 is 5.82 Å². The van der Waals surface area contributed by atoms with Crippen molar-refractivity contribution in [2.24, 2.45) is 0 Å². The topological polar surface area (TPSA) is 46.8 Å². The fraction of sp³-hybridized carbons (Fsp3) is 0.588. The molecule has 22 heavy (non-hydrogen) atoms. The van der Waals surface area contributed by atoms with E-state index in [2.05, 4.69) is 20.6 Å². The third-order valence-corrected chi connectivity index (χ3v) is 4.90. The van der Waals surface area contributed by atoms with E-state index < -0.39 is 0 Å². The van der Waals surface area contributed by atoms with Gasteiger partial charge in [0.2, 0.25) is 0 Å². The molecule has 1 atom stereocenters. The molecule has 0 spiro atoms. The number of aryl methyl sites for hydroxylation is 2. The van der Waals surface area contributed by atoms with Crippen LogP contribution in [0.15, 0.2) is 18.7 Å². The summed E-state index contributed by atoms with van der Waals surface area (Å²) in [5.74, 6) is 2.13. The van der Waals surface area contributed by atoms with Crippen LogP contribution in [-0.2, 0) is 19.4 Å². The minimum atomic E-state index is 0.523. The molecule has 0 bridgehead atoms. The maximum Gasteiger partial charge on any atom is 0.136 e. The van der Waals surface area contributed by atoms with E-state index in [-0.39, 0.29) is 0 Å². The second-order valence-electron chi connectivity index (χ2n) is 6.48. The van der Waals surface area contributed by atoms with Gasteiger partial charge in [-0.15, -0.1) is 0 Å². The Morgan fingerprint density at radius 2 is 2.09 bits per heavy atom. The molecular weight excluding hydrogens is 274 g/mol. The summed E-state index contributed by atoms with van der Waals surface area (Å²) in [5, 5.41) is 0. The molecule has 1 fully saturated rings. The number of hydrogen-bond donors (Lipinski definition) is 0. The number of nitrogens with zero attached hydrogens (tertiary/aromatic N) is 5. The van der Waals surface area contributed by atoms with Gasteiger partial charge < -0.3 is 9.47 Å². The molecule has 2 aliphatic rings. The molecular formula is C17H23N5.